The monoisotopic (exact) mass is 211 g/mol. The van der Waals surface area contributed by atoms with Crippen LogP contribution in [0.2, 0.25) is 0 Å². The molecule has 0 unspecified atom stereocenters. The van der Waals surface area contributed by atoms with Crippen LogP contribution in [0, 0.1) is 6.92 Å². The minimum absolute atomic E-state index is 0.303. The van der Waals surface area contributed by atoms with E-state index in [1.807, 2.05) is 11.3 Å². The van der Waals surface area contributed by atoms with Crippen LogP contribution in [0.1, 0.15) is 43.4 Å². The number of thiophene rings is 1. The largest absolute Gasteiger partial charge is 0.307 e. The lowest BCUT2D eigenvalue weighted by atomic mass is 9.96. The van der Waals surface area contributed by atoms with E-state index in [1.165, 1.54) is 22.6 Å². The van der Waals surface area contributed by atoms with Crippen molar-refractivity contribution in [3.05, 3.63) is 21.9 Å². The molecule has 0 saturated heterocycles. The lowest BCUT2D eigenvalue weighted by Gasteiger charge is -2.28. The van der Waals surface area contributed by atoms with Gasteiger partial charge in [-0.15, -0.1) is 11.3 Å². The Morgan fingerprint density at radius 2 is 1.93 bits per heavy atom. The average molecular weight is 211 g/mol. The molecule has 1 rings (SSSR count). The van der Waals surface area contributed by atoms with Crippen molar-refractivity contribution < 1.29 is 0 Å². The fourth-order valence-electron chi connectivity index (χ4n) is 1.38. The molecule has 0 aromatic carbocycles. The van der Waals surface area contributed by atoms with Crippen molar-refractivity contribution in [1.82, 2.24) is 5.32 Å². The summed E-state index contributed by atoms with van der Waals surface area (Å²) in [5.74, 6) is 0. The van der Waals surface area contributed by atoms with Gasteiger partial charge < -0.3 is 5.32 Å². The predicted molar refractivity (Wildman–Crippen MR) is 64.9 cm³/mol. The van der Waals surface area contributed by atoms with Gasteiger partial charge in [-0.25, -0.2) is 0 Å². The summed E-state index contributed by atoms with van der Waals surface area (Å²) in [6.07, 6.45) is 2.38. The first kappa shape index (κ1) is 11.7. The molecule has 0 fully saturated rings. The minimum Gasteiger partial charge on any atom is -0.307 e. The van der Waals surface area contributed by atoms with E-state index in [0.29, 0.717) is 5.54 Å². The van der Waals surface area contributed by atoms with Crippen molar-refractivity contribution in [3.8, 4) is 0 Å². The Morgan fingerprint density at radius 3 is 2.36 bits per heavy atom. The van der Waals surface area contributed by atoms with Gasteiger partial charge in [0.1, 0.15) is 0 Å². The highest BCUT2D eigenvalue weighted by molar-refractivity contribution is 7.11. The zero-order valence-corrected chi connectivity index (χ0v) is 10.5. The Balaban J connectivity index is 2.47. The van der Waals surface area contributed by atoms with Crippen LogP contribution in [0.5, 0.6) is 0 Å². The summed E-state index contributed by atoms with van der Waals surface area (Å²) in [5.41, 5.74) is 0.303. The van der Waals surface area contributed by atoms with Crippen LogP contribution in [-0.4, -0.2) is 5.54 Å². The van der Waals surface area contributed by atoms with E-state index in [2.05, 4.69) is 45.1 Å². The SMILES string of the molecule is CCC(C)(CC)NCc1ccc(C)s1. The van der Waals surface area contributed by atoms with Crippen LogP contribution in [0.3, 0.4) is 0 Å². The van der Waals surface area contributed by atoms with Gasteiger partial charge in [0.05, 0.1) is 0 Å². The quantitative estimate of drug-likeness (QED) is 0.782. The molecule has 0 aliphatic heterocycles. The maximum atomic E-state index is 3.64. The molecule has 0 amide bonds. The molecular weight excluding hydrogens is 190 g/mol. The lowest BCUT2D eigenvalue weighted by molar-refractivity contribution is 0.330. The highest BCUT2D eigenvalue weighted by Crippen LogP contribution is 2.18. The third-order valence-corrected chi connectivity index (χ3v) is 4.05. The molecule has 0 aliphatic carbocycles. The van der Waals surface area contributed by atoms with Crippen LogP contribution in [0.15, 0.2) is 12.1 Å². The number of nitrogens with one attached hydrogen (secondary N) is 1. The Bertz CT molecular complexity index is 274. The topological polar surface area (TPSA) is 12.0 Å². The van der Waals surface area contributed by atoms with E-state index in [4.69, 9.17) is 0 Å². The van der Waals surface area contributed by atoms with Crippen LogP contribution < -0.4 is 5.32 Å². The van der Waals surface area contributed by atoms with Gasteiger partial charge in [0, 0.05) is 21.8 Å². The van der Waals surface area contributed by atoms with Crippen molar-refractivity contribution in [1.29, 1.82) is 0 Å². The van der Waals surface area contributed by atoms with E-state index >= 15 is 0 Å². The minimum atomic E-state index is 0.303. The Morgan fingerprint density at radius 1 is 1.29 bits per heavy atom. The summed E-state index contributed by atoms with van der Waals surface area (Å²) in [6, 6.07) is 4.41. The standard InChI is InChI=1S/C12H21NS/c1-5-12(4,6-2)13-9-11-8-7-10(3)14-11/h7-8,13H,5-6,9H2,1-4H3. The molecule has 0 saturated carbocycles. The number of hydrogen-bond donors (Lipinski definition) is 1. The molecule has 1 heterocycles. The highest BCUT2D eigenvalue weighted by atomic mass is 32.1. The van der Waals surface area contributed by atoms with Gasteiger partial charge in [-0.1, -0.05) is 13.8 Å². The smallest absolute Gasteiger partial charge is 0.0304 e. The Hall–Kier alpha value is -0.340. The second kappa shape index (κ2) is 4.94. The van der Waals surface area contributed by atoms with Gasteiger partial charge in [0.25, 0.3) is 0 Å². The molecular formula is C12H21NS. The summed E-state index contributed by atoms with van der Waals surface area (Å²) in [7, 11) is 0. The second-order valence-corrected chi connectivity index (χ2v) is 5.51. The first-order valence-electron chi connectivity index (χ1n) is 5.40. The molecule has 14 heavy (non-hydrogen) atoms. The molecule has 1 nitrogen and oxygen atoms in total. The summed E-state index contributed by atoms with van der Waals surface area (Å²) in [4.78, 5) is 2.84. The summed E-state index contributed by atoms with van der Waals surface area (Å²) < 4.78 is 0. The molecule has 0 bridgehead atoms. The number of aryl methyl sites for hydroxylation is 1. The van der Waals surface area contributed by atoms with E-state index in [0.717, 1.165) is 6.54 Å². The zero-order chi connectivity index (χ0) is 10.6. The first-order chi connectivity index (χ1) is 6.59. The van der Waals surface area contributed by atoms with Crippen molar-refractivity contribution in [2.75, 3.05) is 0 Å². The van der Waals surface area contributed by atoms with Crippen molar-refractivity contribution in [3.63, 3.8) is 0 Å². The van der Waals surface area contributed by atoms with Gasteiger partial charge in [-0.3, -0.25) is 0 Å². The van der Waals surface area contributed by atoms with Crippen molar-refractivity contribution in [2.24, 2.45) is 0 Å². The van der Waals surface area contributed by atoms with Crippen LogP contribution in [0.4, 0.5) is 0 Å². The molecule has 0 spiro atoms. The first-order valence-corrected chi connectivity index (χ1v) is 6.21. The molecule has 1 aromatic heterocycles. The maximum absolute atomic E-state index is 3.64. The highest BCUT2D eigenvalue weighted by Gasteiger charge is 2.18. The predicted octanol–water partition coefficient (Wildman–Crippen LogP) is 3.72. The van der Waals surface area contributed by atoms with E-state index in [1.54, 1.807) is 0 Å². The zero-order valence-electron chi connectivity index (χ0n) is 9.68. The van der Waals surface area contributed by atoms with Gasteiger partial charge >= 0.3 is 0 Å². The summed E-state index contributed by atoms with van der Waals surface area (Å²) in [6.45, 7) is 9.96. The van der Waals surface area contributed by atoms with Gasteiger partial charge in [-0.05, 0) is 38.8 Å². The molecule has 0 atom stereocenters. The summed E-state index contributed by atoms with van der Waals surface area (Å²) >= 11 is 1.89. The maximum Gasteiger partial charge on any atom is 0.0304 e. The van der Waals surface area contributed by atoms with E-state index in [-0.39, 0.29) is 0 Å². The molecule has 80 valence electrons. The van der Waals surface area contributed by atoms with E-state index in [9.17, 15) is 0 Å². The number of hydrogen-bond acceptors (Lipinski definition) is 2. The molecule has 0 radical (unpaired) electrons. The average Bonchev–Trinajstić information content (AvgIpc) is 2.61. The van der Waals surface area contributed by atoms with Gasteiger partial charge in [-0.2, -0.15) is 0 Å². The van der Waals surface area contributed by atoms with E-state index < -0.39 is 0 Å². The van der Waals surface area contributed by atoms with Gasteiger partial charge in [0.2, 0.25) is 0 Å². The Kier molecular flexibility index (Phi) is 4.14. The van der Waals surface area contributed by atoms with Gasteiger partial charge in [0.15, 0.2) is 0 Å². The van der Waals surface area contributed by atoms with Crippen LogP contribution in [-0.2, 0) is 6.54 Å². The fraction of sp³-hybridized carbons (Fsp3) is 0.667. The van der Waals surface area contributed by atoms with Crippen LogP contribution in [0.25, 0.3) is 0 Å². The fourth-order valence-corrected chi connectivity index (χ4v) is 2.21. The normalized spacial score (nSPS) is 12.0. The molecule has 1 aromatic rings. The Labute approximate surface area is 91.5 Å². The lowest BCUT2D eigenvalue weighted by Crippen LogP contribution is -2.40. The van der Waals surface area contributed by atoms with Crippen molar-refractivity contribution in [2.45, 2.75) is 52.6 Å². The third-order valence-electron chi connectivity index (χ3n) is 3.05. The molecule has 0 aliphatic rings. The molecule has 2 heteroatoms. The number of rotatable bonds is 5. The second-order valence-electron chi connectivity index (χ2n) is 4.13. The molecule has 1 N–H and O–H groups in total. The summed E-state index contributed by atoms with van der Waals surface area (Å²) in [5, 5.41) is 3.64. The van der Waals surface area contributed by atoms with Crippen molar-refractivity contribution >= 4 is 11.3 Å². The third kappa shape index (κ3) is 3.10. The van der Waals surface area contributed by atoms with Crippen LogP contribution >= 0.6 is 11.3 Å².